The number of non-ortho nitro benzene ring substituents is 1. The summed E-state index contributed by atoms with van der Waals surface area (Å²) in [6.07, 6.45) is 0.729. The van der Waals surface area contributed by atoms with E-state index < -0.39 is 4.92 Å². The van der Waals surface area contributed by atoms with E-state index in [1.807, 2.05) is 54.6 Å². The monoisotopic (exact) mass is 534 g/mol. The third-order valence-corrected chi connectivity index (χ3v) is 7.16. The number of nitrogens with one attached hydrogen (secondary N) is 1. The maximum atomic E-state index is 12.5. The number of carbonyl (C=O) groups excluding carboxylic acids is 1. The molecule has 194 valence electrons. The molecule has 0 atom stereocenters. The molecule has 0 saturated carbocycles. The molecule has 0 unspecified atom stereocenters. The van der Waals surface area contributed by atoms with Gasteiger partial charge in [0.2, 0.25) is 0 Å². The average Bonchev–Trinajstić information content (AvgIpc) is 3.37. The molecule has 5 rings (SSSR count). The number of nitrogens with zero attached hydrogens (tertiary/aromatic N) is 3. The minimum atomic E-state index is -0.481. The number of aromatic nitrogens is 2. The van der Waals surface area contributed by atoms with E-state index in [1.54, 1.807) is 11.8 Å². The van der Waals surface area contributed by atoms with Crippen LogP contribution in [0.1, 0.15) is 16.8 Å². The van der Waals surface area contributed by atoms with Crippen molar-refractivity contribution in [3.63, 3.8) is 0 Å². The number of imidazole rings is 1. The molecule has 0 saturated heterocycles. The Morgan fingerprint density at radius 1 is 0.821 bits per heavy atom. The maximum Gasteiger partial charge on any atom is 0.269 e. The van der Waals surface area contributed by atoms with E-state index in [4.69, 9.17) is 4.98 Å². The van der Waals surface area contributed by atoms with Crippen molar-refractivity contribution in [2.45, 2.75) is 11.6 Å². The Labute approximate surface area is 230 Å². The predicted octanol–water partition coefficient (Wildman–Crippen LogP) is 7.03. The standard InChI is InChI=1S/C31H26N4O3S/c36-30(25-17-19-27(20-18-25)35(37)38)32-21-10-22-39-31-33-28(23-11-4-1-5-12-23)29(24-13-6-2-7-14-24)34(31)26-15-8-3-9-16-26/h1-9,11-20H,10,21-22H2,(H,32,36). The van der Waals surface area contributed by atoms with Crippen molar-refractivity contribution in [1.82, 2.24) is 14.9 Å². The van der Waals surface area contributed by atoms with Crippen molar-refractivity contribution in [1.29, 1.82) is 0 Å². The van der Waals surface area contributed by atoms with Crippen molar-refractivity contribution >= 4 is 23.4 Å². The number of nitro groups is 1. The Morgan fingerprint density at radius 2 is 1.41 bits per heavy atom. The highest BCUT2D eigenvalue weighted by Gasteiger charge is 2.21. The summed E-state index contributed by atoms with van der Waals surface area (Å²) in [7, 11) is 0. The van der Waals surface area contributed by atoms with Gasteiger partial charge in [-0.1, -0.05) is 90.6 Å². The SMILES string of the molecule is O=C(NCCCSc1nc(-c2ccccc2)c(-c2ccccc2)n1-c1ccccc1)c1ccc([N+](=O)[O-])cc1. The number of thioether (sulfide) groups is 1. The molecule has 1 amide bonds. The van der Waals surface area contributed by atoms with Crippen LogP contribution >= 0.6 is 11.8 Å². The van der Waals surface area contributed by atoms with E-state index in [2.05, 4.69) is 46.3 Å². The molecule has 0 aliphatic heterocycles. The van der Waals surface area contributed by atoms with Crippen LogP contribution in [-0.2, 0) is 0 Å². The molecule has 7 nitrogen and oxygen atoms in total. The molecule has 5 aromatic rings. The fourth-order valence-electron chi connectivity index (χ4n) is 4.25. The Balaban J connectivity index is 1.36. The van der Waals surface area contributed by atoms with Gasteiger partial charge in [-0.3, -0.25) is 19.5 Å². The van der Waals surface area contributed by atoms with Crippen LogP contribution in [0.5, 0.6) is 0 Å². The van der Waals surface area contributed by atoms with Gasteiger partial charge >= 0.3 is 0 Å². The minimum Gasteiger partial charge on any atom is -0.352 e. The average molecular weight is 535 g/mol. The summed E-state index contributed by atoms with van der Waals surface area (Å²) in [4.78, 5) is 27.9. The fraction of sp³-hybridized carbons (Fsp3) is 0.0968. The van der Waals surface area contributed by atoms with Gasteiger partial charge in [-0.05, 0) is 30.7 Å². The first-order chi connectivity index (χ1) is 19.1. The van der Waals surface area contributed by atoms with Gasteiger partial charge in [0.15, 0.2) is 5.16 Å². The second-order valence-electron chi connectivity index (χ2n) is 8.76. The van der Waals surface area contributed by atoms with E-state index in [-0.39, 0.29) is 11.6 Å². The van der Waals surface area contributed by atoms with Gasteiger partial charge in [-0.15, -0.1) is 0 Å². The molecule has 0 aliphatic rings. The van der Waals surface area contributed by atoms with Crippen LogP contribution in [0.15, 0.2) is 120 Å². The van der Waals surface area contributed by atoms with Gasteiger partial charge in [-0.25, -0.2) is 4.98 Å². The quantitative estimate of drug-likeness (QED) is 0.0899. The van der Waals surface area contributed by atoms with Crippen LogP contribution in [0, 0.1) is 10.1 Å². The molecular weight excluding hydrogens is 508 g/mol. The lowest BCUT2D eigenvalue weighted by Gasteiger charge is -2.13. The van der Waals surface area contributed by atoms with Gasteiger partial charge in [0.05, 0.1) is 16.3 Å². The largest absolute Gasteiger partial charge is 0.352 e. The van der Waals surface area contributed by atoms with Crippen molar-refractivity contribution in [3.05, 3.63) is 131 Å². The number of para-hydroxylation sites is 1. The van der Waals surface area contributed by atoms with E-state index in [0.717, 1.165) is 45.5 Å². The molecule has 0 fully saturated rings. The van der Waals surface area contributed by atoms with Crippen LogP contribution in [0.25, 0.3) is 28.2 Å². The molecule has 39 heavy (non-hydrogen) atoms. The number of rotatable bonds is 10. The summed E-state index contributed by atoms with van der Waals surface area (Å²) >= 11 is 1.64. The van der Waals surface area contributed by atoms with Gasteiger partial charge in [0, 0.05) is 46.8 Å². The van der Waals surface area contributed by atoms with Crippen LogP contribution in [0.4, 0.5) is 5.69 Å². The smallest absolute Gasteiger partial charge is 0.269 e. The zero-order valence-electron chi connectivity index (χ0n) is 21.1. The van der Waals surface area contributed by atoms with Crippen molar-refractivity contribution < 1.29 is 9.72 Å². The molecule has 0 spiro atoms. The second kappa shape index (κ2) is 12.2. The third kappa shape index (κ3) is 6.08. The molecule has 8 heteroatoms. The summed E-state index contributed by atoms with van der Waals surface area (Å²) in [5.74, 6) is 0.491. The highest BCUT2D eigenvalue weighted by Crippen LogP contribution is 2.38. The zero-order valence-corrected chi connectivity index (χ0v) is 21.9. The lowest BCUT2D eigenvalue weighted by molar-refractivity contribution is -0.384. The van der Waals surface area contributed by atoms with Crippen LogP contribution in [-0.4, -0.2) is 32.7 Å². The van der Waals surface area contributed by atoms with Gasteiger partial charge in [-0.2, -0.15) is 0 Å². The first-order valence-corrected chi connectivity index (χ1v) is 13.5. The Bertz CT molecular complexity index is 1550. The summed E-state index contributed by atoms with van der Waals surface area (Å²) in [6, 6.07) is 36.3. The summed E-state index contributed by atoms with van der Waals surface area (Å²) in [6.45, 7) is 0.478. The second-order valence-corrected chi connectivity index (χ2v) is 9.82. The fourth-order valence-corrected chi connectivity index (χ4v) is 5.20. The third-order valence-electron chi connectivity index (χ3n) is 6.13. The summed E-state index contributed by atoms with van der Waals surface area (Å²) in [5, 5.41) is 14.6. The number of hydrogen-bond donors (Lipinski definition) is 1. The summed E-state index contributed by atoms with van der Waals surface area (Å²) < 4.78 is 2.21. The van der Waals surface area contributed by atoms with Crippen LogP contribution in [0.2, 0.25) is 0 Å². The van der Waals surface area contributed by atoms with E-state index in [0.29, 0.717) is 12.1 Å². The molecule has 1 heterocycles. The number of nitro benzene ring substituents is 1. The topological polar surface area (TPSA) is 90.1 Å². The van der Waals surface area contributed by atoms with Crippen LogP contribution in [0.3, 0.4) is 0 Å². The Hall–Kier alpha value is -4.69. The van der Waals surface area contributed by atoms with Crippen molar-refractivity contribution in [2.75, 3.05) is 12.3 Å². The molecule has 0 aliphatic carbocycles. The molecule has 0 bridgehead atoms. The van der Waals surface area contributed by atoms with Crippen molar-refractivity contribution in [2.24, 2.45) is 0 Å². The maximum absolute atomic E-state index is 12.5. The normalized spacial score (nSPS) is 10.8. The molecule has 4 aromatic carbocycles. The van der Waals surface area contributed by atoms with E-state index >= 15 is 0 Å². The molecule has 0 radical (unpaired) electrons. The van der Waals surface area contributed by atoms with E-state index in [1.165, 1.54) is 24.3 Å². The number of amides is 1. The number of carbonyl (C=O) groups is 1. The molecule has 1 N–H and O–H groups in total. The molecule has 1 aromatic heterocycles. The van der Waals surface area contributed by atoms with Gasteiger partial charge in [0.1, 0.15) is 0 Å². The van der Waals surface area contributed by atoms with Crippen molar-refractivity contribution in [3.8, 4) is 28.2 Å². The zero-order chi connectivity index (χ0) is 27.0. The minimum absolute atomic E-state index is 0.0402. The highest BCUT2D eigenvalue weighted by molar-refractivity contribution is 7.99. The first kappa shape index (κ1) is 25.9. The summed E-state index contributed by atoms with van der Waals surface area (Å²) in [5.41, 5.74) is 5.45. The molecular formula is C31H26N4O3S. The lowest BCUT2D eigenvalue weighted by atomic mass is 10.0. The highest BCUT2D eigenvalue weighted by atomic mass is 32.2. The van der Waals surface area contributed by atoms with Gasteiger partial charge < -0.3 is 5.32 Å². The van der Waals surface area contributed by atoms with Gasteiger partial charge in [0.25, 0.3) is 11.6 Å². The number of hydrogen-bond acceptors (Lipinski definition) is 5. The lowest BCUT2D eigenvalue weighted by Crippen LogP contribution is -2.24. The number of benzene rings is 4. The Kier molecular flexibility index (Phi) is 8.14. The first-order valence-electron chi connectivity index (χ1n) is 12.6. The van der Waals surface area contributed by atoms with E-state index in [9.17, 15) is 14.9 Å². The Morgan fingerprint density at radius 3 is 2.03 bits per heavy atom. The van der Waals surface area contributed by atoms with Crippen LogP contribution < -0.4 is 5.32 Å². The predicted molar refractivity (Wildman–Crippen MR) is 155 cm³/mol.